The fourth-order valence-electron chi connectivity index (χ4n) is 2.17. The van der Waals surface area contributed by atoms with E-state index in [4.69, 9.17) is 4.55 Å². The molecule has 0 saturated heterocycles. The molecular weight excluding hydrogens is 323 g/mol. The van der Waals surface area contributed by atoms with Gasteiger partial charge in [-0.15, -0.1) is 11.3 Å². The number of benzene rings is 2. The molecule has 3 rings (SSSR count). The Morgan fingerprint density at radius 2 is 1.45 bits per heavy atom. The summed E-state index contributed by atoms with van der Waals surface area (Å²) in [6.45, 7) is 0. The van der Waals surface area contributed by atoms with E-state index < -0.39 is 10.1 Å². The van der Waals surface area contributed by atoms with Crippen molar-refractivity contribution in [1.29, 1.82) is 0 Å². The van der Waals surface area contributed by atoms with Crippen molar-refractivity contribution in [1.82, 2.24) is 0 Å². The van der Waals surface area contributed by atoms with E-state index in [0.29, 0.717) is 0 Å². The van der Waals surface area contributed by atoms with Gasteiger partial charge in [0.1, 0.15) is 5.82 Å². The zero-order valence-corrected chi connectivity index (χ0v) is 12.9. The number of hydrogen-bond donors (Lipinski definition) is 1. The fourth-order valence-corrected chi connectivity index (χ4v) is 3.57. The van der Waals surface area contributed by atoms with Crippen molar-refractivity contribution in [3.8, 4) is 21.6 Å². The summed E-state index contributed by atoms with van der Waals surface area (Å²) in [5.74, 6) is -0.293. The summed E-state index contributed by atoms with van der Waals surface area (Å²) in [4.78, 5) is 0.810. The van der Waals surface area contributed by atoms with Gasteiger partial charge in [-0.1, -0.05) is 24.3 Å². The fraction of sp³-hybridized carbons (Fsp3) is 0. The smallest absolute Gasteiger partial charge is 0.282 e. The van der Waals surface area contributed by atoms with Crippen LogP contribution in [-0.2, 0) is 10.1 Å². The van der Waals surface area contributed by atoms with E-state index >= 15 is 0 Å². The van der Waals surface area contributed by atoms with E-state index in [2.05, 4.69) is 0 Å². The van der Waals surface area contributed by atoms with E-state index in [-0.39, 0.29) is 10.7 Å². The Labute approximate surface area is 131 Å². The van der Waals surface area contributed by atoms with Crippen LogP contribution in [0.5, 0.6) is 0 Å². The van der Waals surface area contributed by atoms with E-state index in [0.717, 1.165) is 21.6 Å². The van der Waals surface area contributed by atoms with Crippen molar-refractivity contribution >= 4 is 21.5 Å². The summed E-state index contributed by atoms with van der Waals surface area (Å²) < 4.78 is 44.2. The highest BCUT2D eigenvalue weighted by Gasteiger charge is 2.12. The van der Waals surface area contributed by atoms with Crippen molar-refractivity contribution < 1.29 is 17.4 Å². The van der Waals surface area contributed by atoms with Crippen molar-refractivity contribution in [2.75, 3.05) is 0 Å². The molecule has 2 aromatic carbocycles. The first kappa shape index (κ1) is 14.9. The third-order valence-corrected chi connectivity index (χ3v) is 5.07. The third kappa shape index (κ3) is 2.94. The average Bonchev–Trinajstić information content (AvgIpc) is 2.97. The molecule has 0 fully saturated rings. The van der Waals surface area contributed by atoms with E-state index in [9.17, 15) is 12.8 Å². The quantitative estimate of drug-likeness (QED) is 0.719. The van der Waals surface area contributed by atoms with Gasteiger partial charge in [0.25, 0.3) is 10.1 Å². The van der Waals surface area contributed by atoms with E-state index in [1.807, 2.05) is 11.4 Å². The molecule has 22 heavy (non-hydrogen) atoms. The lowest BCUT2D eigenvalue weighted by molar-refractivity contribution is 0.483. The predicted octanol–water partition coefficient (Wildman–Crippen LogP) is 4.47. The largest absolute Gasteiger partial charge is 0.294 e. The molecule has 0 atom stereocenters. The summed E-state index contributed by atoms with van der Waals surface area (Å²) in [5.41, 5.74) is 2.67. The second-order valence-corrected chi connectivity index (χ2v) is 7.01. The standard InChI is InChI=1S/C16H11FO3S2/c17-13-5-1-11(2-6-13)15-9-10-21-16(15)12-3-7-14(8-4-12)22(18,19)20/h1-10H,(H,18,19,20). The van der Waals surface area contributed by atoms with Gasteiger partial charge in [0.2, 0.25) is 0 Å². The molecule has 0 spiro atoms. The van der Waals surface area contributed by atoms with Crippen molar-refractivity contribution in [3.05, 3.63) is 65.8 Å². The van der Waals surface area contributed by atoms with Gasteiger partial charge in [0.15, 0.2) is 0 Å². The molecule has 6 heteroatoms. The Morgan fingerprint density at radius 3 is 2.05 bits per heavy atom. The molecule has 0 amide bonds. The highest BCUT2D eigenvalue weighted by Crippen LogP contribution is 2.37. The first-order chi connectivity index (χ1) is 10.4. The molecule has 0 bridgehead atoms. The highest BCUT2D eigenvalue weighted by atomic mass is 32.2. The van der Waals surface area contributed by atoms with Crippen LogP contribution in [0.4, 0.5) is 4.39 Å². The molecule has 112 valence electrons. The molecule has 3 aromatic rings. The lowest BCUT2D eigenvalue weighted by Gasteiger charge is -2.05. The average molecular weight is 334 g/mol. The Kier molecular flexibility index (Phi) is 3.82. The molecule has 0 aliphatic heterocycles. The lowest BCUT2D eigenvalue weighted by Crippen LogP contribution is -1.97. The minimum absolute atomic E-state index is 0.142. The van der Waals surface area contributed by atoms with Crippen LogP contribution in [0.15, 0.2) is 64.9 Å². The van der Waals surface area contributed by atoms with E-state index in [1.165, 1.54) is 35.6 Å². The first-order valence-electron chi connectivity index (χ1n) is 6.36. The second kappa shape index (κ2) is 5.64. The maximum absolute atomic E-state index is 13.0. The van der Waals surface area contributed by atoms with Gasteiger partial charge in [0, 0.05) is 10.4 Å². The minimum atomic E-state index is -4.19. The lowest BCUT2D eigenvalue weighted by atomic mass is 10.0. The van der Waals surface area contributed by atoms with Crippen LogP contribution in [0.25, 0.3) is 21.6 Å². The summed E-state index contributed by atoms with van der Waals surface area (Å²) in [7, 11) is -4.19. The predicted molar refractivity (Wildman–Crippen MR) is 85.0 cm³/mol. The number of rotatable bonds is 3. The van der Waals surface area contributed by atoms with Gasteiger partial charge >= 0.3 is 0 Å². The molecule has 0 saturated carbocycles. The molecular formula is C16H11FO3S2. The Bertz CT molecular complexity index is 895. The molecule has 1 N–H and O–H groups in total. The summed E-state index contributed by atoms with van der Waals surface area (Å²) in [6, 6.07) is 14.1. The van der Waals surface area contributed by atoms with Gasteiger partial charge in [-0.3, -0.25) is 4.55 Å². The third-order valence-electron chi connectivity index (χ3n) is 3.23. The maximum atomic E-state index is 13.0. The molecule has 0 aliphatic carbocycles. The second-order valence-electron chi connectivity index (χ2n) is 4.67. The monoisotopic (exact) mass is 334 g/mol. The SMILES string of the molecule is O=S(=O)(O)c1ccc(-c2sccc2-c2ccc(F)cc2)cc1. The Balaban J connectivity index is 2.03. The molecule has 0 radical (unpaired) electrons. The zero-order valence-electron chi connectivity index (χ0n) is 11.2. The zero-order chi connectivity index (χ0) is 15.7. The van der Waals surface area contributed by atoms with Crippen molar-refractivity contribution in [2.24, 2.45) is 0 Å². The van der Waals surface area contributed by atoms with Crippen LogP contribution < -0.4 is 0 Å². The first-order valence-corrected chi connectivity index (χ1v) is 8.68. The van der Waals surface area contributed by atoms with Gasteiger partial charge in [-0.2, -0.15) is 8.42 Å². The molecule has 1 heterocycles. The summed E-state index contributed by atoms with van der Waals surface area (Å²) in [6.07, 6.45) is 0. The molecule has 3 nitrogen and oxygen atoms in total. The van der Waals surface area contributed by atoms with Gasteiger partial charge < -0.3 is 0 Å². The van der Waals surface area contributed by atoms with Crippen molar-refractivity contribution in [2.45, 2.75) is 4.90 Å². The van der Waals surface area contributed by atoms with Crippen LogP contribution >= 0.6 is 11.3 Å². The maximum Gasteiger partial charge on any atom is 0.294 e. The Morgan fingerprint density at radius 1 is 0.864 bits per heavy atom. The Hall–Kier alpha value is -2.02. The molecule has 0 aliphatic rings. The molecule has 1 aromatic heterocycles. The highest BCUT2D eigenvalue weighted by molar-refractivity contribution is 7.85. The molecule has 0 unspecified atom stereocenters. The number of halogens is 1. The van der Waals surface area contributed by atoms with E-state index in [1.54, 1.807) is 24.3 Å². The van der Waals surface area contributed by atoms with Crippen LogP contribution in [0.3, 0.4) is 0 Å². The number of thiophene rings is 1. The summed E-state index contributed by atoms with van der Waals surface area (Å²) in [5, 5.41) is 1.92. The normalized spacial score (nSPS) is 11.5. The van der Waals surface area contributed by atoms with Crippen LogP contribution in [0.1, 0.15) is 0 Å². The van der Waals surface area contributed by atoms with Crippen LogP contribution in [0.2, 0.25) is 0 Å². The number of hydrogen-bond acceptors (Lipinski definition) is 3. The van der Waals surface area contributed by atoms with Crippen LogP contribution in [0, 0.1) is 5.82 Å². The van der Waals surface area contributed by atoms with Crippen molar-refractivity contribution in [3.63, 3.8) is 0 Å². The van der Waals surface area contributed by atoms with Gasteiger partial charge in [-0.05, 0) is 46.8 Å². The van der Waals surface area contributed by atoms with Gasteiger partial charge in [-0.25, -0.2) is 4.39 Å². The summed E-state index contributed by atoms with van der Waals surface area (Å²) >= 11 is 1.51. The van der Waals surface area contributed by atoms with Crippen LogP contribution in [-0.4, -0.2) is 13.0 Å². The van der Waals surface area contributed by atoms with Gasteiger partial charge in [0.05, 0.1) is 4.90 Å². The minimum Gasteiger partial charge on any atom is -0.282 e. The topological polar surface area (TPSA) is 54.4 Å².